The van der Waals surface area contributed by atoms with Gasteiger partial charge in [-0.2, -0.15) is 5.10 Å². The third-order valence-electron chi connectivity index (χ3n) is 4.17. The summed E-state index contributed by atoms with van der Waals surface area (Å²) >= 11 is 6.95. The molecular formula is C22H24Br2N2O3. The van der Waals surface area contributed by atoms with Crippen molar-refractivity contribution >= 4 is 44.0 Å². The van der Waals surface area contributed by atoms with Crippen LogP contribution in [-0.4, -0.2) is 25.8 Å². The smallest absolute Gasteiger partial charge is 0.240 e. The number of hydrogen-bond donors (Lipinski definition) is 1. The van der Waals surface area contributed by atoms with Crippen LogP contribution in [0.3, 0.4) is 0 Å². The maximum atomic E-state index is 12.0. The molecule has 0 heterocycles. The van der Waals surface area contributed by atoms with Crippen molar-refractivity contribution in [3.8, 4) is 11.5 Å². The molecule has 0 aliphatic heterocycles. The highest BCUT2D eigenvalue weighted by molar-refractivity contribution is 9.11. The Kier molecular flexibility index (Phi) is 9.41. The fourth-order valence-electron chi connectivity index (χ4n) is 2.68. The van der Waals surface area contributed by atoms with E-state index in [2.05, 4.69) is 49.0 Å². The summed E-state index contributed by atoms with van der Waals surface area (Å²) in [6, 6.07) is 9.72. The second-order valence-corrected chi connectivity index (χ2v) is 8.06. The van der Waals surface area contributed by atoms with Crippen molar-refractivity contribution in [3.05, 3.63) is 68.6 Å². The van der Waals surface area contributed by atoms with Gasteiger partial charge in [-0.3, -0.25) is 4.79 Å². The van der Waals surface area contributed by atoms with Gasteiger partial charge < -0.3 is 9.47 Å². The summed E-state index contributed by atoms with van der Waals surface area (Å²) in [6.45, 7) is 6.10. The lowest BCUT2D eigenvalue weighted by molar-refractivity contribution is -0.121. The van der Waals surface area contributed by atoms with E-state index in [0.717, 1.165) is 33.1 Å². The highest BCUT2D eigenvalue weighted by Gasteiger charge is 2.08. The minimum atomic E-state index is -0.114. The van der Waals surface area contributed by atoms with Gasteiger partial charge in [0.1, 0.15) is 18.1 Å². The minimum Gasteiger partial charge on any atom is -0.497 e. The summed E-state index contributed by atoms with van der Waals surface area (Å²) in [4.78, 5) is 12.0. The second kappa shape index (κ2) is 11.8. The number of nitrogens with zero attached hydrogens (tertiary/aromatic N) is 1. The number of hydrogen-bond acceptors (Lipinski definition) is 4. The molecule has 2 rings (SSSR count). The van der Waals surface area contributed by atoms with E-state index in [4.69, 9.17) is 9.47 Å². The van der Waals surface area contributed by atoms with Gasteiger partial charge in [0.05, 0.1) is 22.3 Å². The maximum Gasteiger partial charge on any atom is 0.240 e. The lowest BCUT2D eigenvalue weighted by atomic mass is 10.0. The van der Waals surface area contributed by atoms with Crippen LogP contribution in [0.4, 0.5) is 0 Å². The SMILES string of the molecule is C=CCOc1c(Br)cc(/C=N\NC(=O)CCCc2ccc(OC)cc2C)cc1Br. The highest BCUT2D eigenvalue weighted by Crippen LogP contribution is 2.34. The van der Waals surface area contributed by atoms with E-state index in [0.29, 0.717) is 18.8 Å². The third kappa shape index (κ3) is 7.33. The van der Waals surface area contributed by atoms with E-state index in [1.54, 1.807) is 19.4 Å². The van der Waals surface area contributed by atoms with E-state index in [1.165, 1.54) is 11.1 Å². The first-order valence-corrected chi connectivity index (χ1v) is 10.7. The number of amides is 1. The average molecular weight is 524 g/mol. The van der Waals surface area contributed by atoms with Crippen molar-refractivity contribution < 1.29 is 14.3 Å². The van der Waals surface area contributed by atoms with Crippen LogP contribution in [0.5, 0.6) is 11.5 Å². The number of carbonyl (C=O) groups excluding carboxylic acids is 1. The van der Waals surface area contributed by atoms with Gasteiger partial charge in [-0.1, -0.05) is 18.7 Å². The number of hydrazone groups is 1. The van der Waals surface area contributed by atoms with Gasteiger partial charge in [0.2, 0.25) is 5.91 Å². The molecule has 154 valence electrons. The zero-order valence-electron chi connectivity index (χ0n) is 16.5. The van der Waals surface area contributed by atoms with Crippen LogP contribution >= 0.6 is 31.9 Å². The van der Waals surface area contributed by atoms with E-state index in [1.807, 2.05) is 37.3 Å². The quantitative estimate of drug-likeness (QED) is 0.252. The minimum absolute atomic E-state index is 0.114. The summed E-state index contributed by atoms with van der Waals surface area (Å²) in [5.41, 5.74) is 5.78. The van der Waals surface area contributed by atoms with Crippen LogP contribution in [-0.2, 0) is 11.2 Å². The van der Waals surface area contributed by atoms with Crippen molar-refractivity contribution in [1.29, 1.82) is 0 Å². The fraction of sp³-hybridized carbons (Fsp3) is 0.273. The molecule has 29 heavy (non-hydrogen) atoms. The Labute approximate surface area is 188 Å². The van der Waals surface area contributed by atoms with Crippen LogP contribution in [0.15, 0.2) is 57.0 Å². The van der Waals surface area contributed by atoms with Gasteiger partial charge in [-0.25, -0.2) is 5.43 Å². The van der Waals surface area contributed by atoms with Crippen molar-refractivity contribution in [2.75, 3.05) is 13.7 Å². The van der Waals surface area contributed by atoms with Gasteiger partial charge in [-0.15, -0.1) is 0 Å². The predicted octanol–water partition coefficient (Wildman–Crippen LogP) is 5.57. The number of nitrogens with one attached hydrogen (secondary N) is 1. The molecule has 5 nitrogen and oxygen atoms in total. The second-order valence-electron chi connectivity index (χ2n) is 6.35. The first-order valence-electron chi connectivity index (χ1n) is 9.12. The van der Waals surface area contributed by atoms with Crippen LogP contribution in [0.1, 0.15) is 29.5 Å². The zero-order valence-corrected chi connectivity index (χ0v) is 19.7. The fourth-order valence-corrected chi connectivity index (χ4v) is 4.13. The Bertz CT molecular complexity index is 875. The molecule has 0 fully saturated rings. The number of ether oxygens (including phenoxy) is 2. The maximum absolute atomic E-state index is 12.0. The van der Waals surface area contributed by atoms with Crippen LogP contribution in [0, 0.1) is 6.92 Å². The summed E-state index contributed by atoms with van der Waals surface area (Å²) < 4.78 is 12.4. The molecule has 0 saturated carbocycles. The Balaban J connectivity index is 1.83. The molecule has 0 aliphatic carbocycles. The lowest BCUT2D eigenvalue weighted by Gasteiger charge is -2.09. The van der Waals surface area contributed by atoms with Crippen molar-refractivity contribution in [2.45, 2.75) is 26.2 Å². The first-order chi connectivity index (χ1) is 13.9. The molecule has 0 aromatic heterocycles. The number of halogens is 2. The average Bonchev–Trinajstić information content (AvgIpc) is 2.68. The van der Waals surface area contributed by atoms with E-state index in [9.17, 15) is 4.79 Å². The summed E-state index contributed by atoms with van der Waals surface area (Å²) in [5, 5.41) is 4.04. The number of rotatable bonds is 10. The molecule has 0 radical (unpaired) electrons. The van der Waals surface area contributed by atoms with Gasteiger partial charge in [0.25, 0.3) is 0 Å². The van der Waals surface area contributed by atoms with Crippen LogP contribution < -0.4 is 14.9 Å². The first kappa shape index (κ1) is 23.2. The van der Waals surface area contributed by atoms with E-state index < -0.39 is 0 Å². The lowest BCUT2D eigenvalue weighted by Crippen LogP contribution is -2.17. The molecule has 0 unspecified atom stereocenters. The molecule has 0 bridgehead atoms. The van der Waals surface area contributed by atoms with Crippen molar-refractivity contribution in [3.63, 3.8) is 0 Å². The van der Waals surface area contributed by atoms with Gasteiger partial charge in [-0.05, 0) is 92.6 Å². The number of carbonyl (C=O) groups is 1. The van der Waals surface area contributed by atoms with Gasteiger partial charge in [0, 0.05) is 6.42 Å². The molecule has 2 aromatic carbocycles. The molecule has 1 amide bonds. The van der Waals surface area contributed by atoms with Gasteiger partial charge in [0.15, 0.2) is 0 Å². The Morgan fingerprint density at radius 1 is 1.24 bits per heavy atom. The van der Waals surface area contributed by atoms with E-state index >= 15 is 0 Å². The topological polar surface area (TPSA) is 59.9 Å². The molecule has 0 aliphatic rings. The van der Waals surface area contributed by atoms with Crippen LogP contribution in [0.2, 0.25) is 0 Å². The Hall–Kier alpha value is -2.12. The standard InChI is InChI=1S/C22H24Br2N2O3/c1-4-10-29-22-19(23)12-16(13-20(22)24)14-25-26-21(27)7-5-6-17-8-9-18(28-3)11-15(17)2/h4,8-9,11-14H,1,5-7,10H2,2-3H3,(H,26,27)/b25-14-. The molecular weight excluding hydrogens is 500 g/mol. The molecule has 2 aromatic rings. The van der Waals surface area contributed by atoms with Crippen LogP contribution in [0.25, 0.3) is 0 Å². The molecule has 7 heteroatoms. The van der Waals surface area contributed by atoms with Crippen molar-refractivity contribution in [1.82, 2.24) is 5.43 Å². The Morgan fingerprint density at radius 2 is 1.97 bits per heavy atom. The monoisotopic (exact) mass is 522 g/mol. The molecule has 0 atom stereocenters. The van der Waals surface area contributed by atoms with Gasteiger partial charge >= 0.3 is 0 Å². The number of methoxy groups -OCH3 is 1. The zero-order chi connectivity index (χ0) is 21.2. The number of benzene rings is 2. The largest absolute Gasteiger partial charge is 0.497 e. The van der Waals surface area contributed by atoms with E-state index in [-0.39, 0.29) is 5.91 Å². The molecule has 0 saturated heterocycles. The Morgan fingerprint density at radius 3 is 2.59 bits per heavy atom. The number of aryl methyl sites for hydroxylation is 2. The van der Waals surface area contributed by atoms with Crippen molar-refractivity contribution in [2.24, 2.45) is 5.10 Å². The molecule has 0 spiro atoms. The highest BCUT2D eigenvalue weighted by atomic mass is 79.9. The summed E-state index contributed by atoms with van der Waals surface area (Å²) in [7, 11) is 1.65. The predicted molar refractivity (Wildman–Crippen MR) is 124 cm³/mol. The molecule has 1 N–H and O–H groups in total. The normalized spacial score (nSPS) is 10.8. The summed E-state index contributed by atoms with van der Waals surface area (Å²) in [5.74, 6) is 1.42. The summed E-state index contributed by atoms with van der Waals surface area (Å²) in [6.07, 6.45) is 5.27. The third-order valence-corrected chi connectivity index (χ3v) is 5.35.